The van der Waals surface area contributed by atoms with E-state index in [4.69, 9.17) is 11.6 Å². The molecule has 2 heterocycles. The quantitative estimate of drug-likeness (QED) is 0.849. The van der Waals surface area contributed by atoms with Crippen LogP contribution in [-0.2, 0) is 0 Å². The number of pyridine rings is 1. The van der Waals surface area contributed by atoms with Gasteiger partial charge in [0.05, 0.1) is 0 Å². The van der Waals surface area contributed by atoms with Crippen LogP contribution in [0.1, 0.15) is 21.3 Å². The molecule has 0 unspecified atom stereocenters. The Bertz CT molecular complexity index is 620. The molecule has 1 saturated heterocycles. The highest BCUT2D eigenvalue weighted by Gasteiger charge is 2.31. The van der Waals surface area contributed by atoms with Crippen molar-refractivity contribution in [3.05, 3.63) is 64.9 Å². The fourth-order valence-electron chi connectivity index (χ4n) is 2.27. The largest absolute Gasteiger partial charge is 0.322 e. The molecule has 2 aromatic rings. The lowest BCUT2D eigenvalue weighted by atomic mass is 10.1. The van der Waals surface area contributed by atoms with Crippen molar-refractivity contribution in [3.63, 3.8) is 0 Å². The summed E-state index contributed by atoms with van der Waals surface area (Å²) in [6.07, 6.45) is 3.52. The Morgan fingerprint density at radius 2 is 2.10 bits per heavy atom. The Kier molecular flexibility index (Phi) is 3.94. The summed E-state index contributed by atoms with van der Waals surface area (Å²) in [5.74, 6) is 0.971. The number of carbonyl (C=O) groups is 1. The number of aromatic nitrogens is 1. The summed E-state index contributed by atoms with van der Waals surface area (Å²) in [5.41, 5.74) is 1.75. The summed E-state index contributed by atoms with van der Waals surface area (Å²) < 4.78 is 0. The summed E-state index contributed by atoms with van der Waals surface area (Å²) in [5, 5.41) is 0.646. The molecule has 20 heavy (non-hydrogen) atoms. The molecule has 1 aliphatic heterocycles. The van der Waals surface area contributed by atoms with Crippen LogP contribution in [0.5, 0.6) is 0 Å². The third-order valence-corrected chi connectivity index (χ3v) is 4.71. The first kappa shape index (κ1) is 13.5. The van der Waals surface area contributed by atoms with Gasteiger partial charge in [-0.25, -0.2) is 0 Å². The lowest BCUT2D eigenvalue weighted by Crippen LogP contribution is -2.30. The zero-order chi connectivity index (χ0) is 13.9. The van der Waals surface area contributed by atoms with E-state index in [9.17, 15) is 4.79 Å². The molecule has 3 nitrogen and oxygen atoms in total. The Labute approximate surface area is 127 Å². The summed E-state index contributed by atoms with van der Waals surface area (Å²) >= 11 is 7.74. The van der Waals surface area contributed by atoms with E-state index >= 15 is 0 Å². The van der Waals surface area contributed by atoms with Crippen molar-refractivity contribution in [1.82, 2.24) is 9.88 Å². The van der Waals surface area contributed by atoms with E-state index in [1.807, 2.05) is 17.0 Å². The van der Waals surface area contributed by atoms with Crippen LogP contribution in [0.4, 0.5) is 0 Å². The Hall–Kier alpha value is -1.52. The second-order valence-corrected chi connectivity index (χ2v) is 6.14. The fourth-order valence-corrected chi connectivity index (χ4v) is 3.72. The second-order valence-electron chi connectivity index (χ2n) is 4.51. The molecule has 3 rings (SSSR count). The van der Waals surface area contributed by atoms with Crippen molar-refractivity contribution < 1.29 is 4.79 Å². The summed E-state index contributed by atoms with van der Waals surface area (Å²) in [6.45, 7) is 0.753. The molecule has 1 atom stereocenters. The maximum Gasteiger partial charge on any atom is 0.255 e. The number of hydrogen-bond acceptors (Lipinski definition) is 3. The molecule has 0 radical (unpaired) electrons. The number of thioether (sulfide) groups is 1. The van der Waals surface area contributed by atoms with Crippen molar-refractivity contribution in [2.24, 2.45) is 0 Å². The van der Waals surface area contributed by atoms with E-state index in [1.54, 1.807) is 48.4 Å². The first-order valence-corrected chi connectivity index (χ1v) is 7.76. The van der Waals surface area contributed by atoms with Gasteiger partial charge in [-0.05, 0) is 35.9 Å². The van der Waals surface area contributed by atoms with Gasteiger partial charge in [-0.3, -0.25) is 9.78 Å². The summed E-state index contributed by atoms with van der Waals surface area (Å²) in [6, 6.07) is 11.0. The maximum atomic E-state index is 12.6. The van der Waals surface area contributed by atoms with Gasteiger partial charge in [-0.2, -0.15) is 0 Å². The van der Waals surface area contributed by atoms with Crippen LogP contribution in [0.25, 0.3) is 0 Å². The van der Waals surface area contributed by atoms with Gasteiger partial charge >= 0.3 is 0 Å². The molecule has 1 aromatic carbocycles. The third kappa shape index (κ3) is 2.67. The number of amides is 1. The highest BCUT2D eigenvalue weighted by atomic mass is 35.5. The molecule has 0 aliphatic carbocycles. The average Bonchev–Trinajstić information content (AvgIpc) is 2.97. The first-order chi connectivity index (χ1) is 9.75. The molecule has 1 fully saturated rings. The van der Waals surface area contributed by atoms with Crippen LogP contribution >= 0.6 is 23.4 Å². The van der Waals surface area contributed by atoms with Gasteiger partial charge in [-0.1, -0.05) is 17.7 Å². The first-order valence-electron chi connectivity index (χ1n) is 6.34. The highest BCUT2D eigenvalue weighted by molar-refractivity contribution is 7.99. The predicted molar refractivity (Wildman–Crippen MR) is 81.9 cm³/mol. The van der Waals surface area contributed by atoms with Crippen LogP contribution in [0.3, 0.4) is 0 Å². The number of rotatable bonds is 2. The highest BCUT2D eigenvalue weighted by Crippen LogP contribution is 2.38. The van der Waals surface area contributed by atoms with E-state index in [0.29, 0.717) is 10.6 Å². The minimum atomic E-state index is 0.0271. The monoisotopic (exact) mass is 304 g/mol. The molecule has 0 bridgehead atoms. The van der Waals surface area contributed by atoms with Gasteiger partial charge < -0.3 is 4.90 Å². The van der Waals surface area contributed by atoms with E-state index in [0.717, 1.165) is 17.9 Å². The van der Waals surface area contributed by atoms with E-state index in [2.05, 4.69) is 4.98 Å². The van der Waals surface area contributed by atoms with Crippen molar-refractivity contribution in [1.29, 1.82) is 0 Å². The van der Waals surface area contributed by atoms with Gasteiger partial charge in [0.15, 0.2) is 0 Å². The minimum absolute atomic E-state index is 0.0271. The lowest BCUT2D eigenvalue weighted by Gasteiger charge is -2.24. The topological polar surface area (TPSA) is 33.2 Å². The minimum Gasteiger partial charge on any atom is -0.322 e. The van der Waals surface area contributed by atoms with Crippen molar-refractivity contribution in [2.45, 2.75) is 5.37 Å². The lowest BCUT2D eigenvalue weighted by molar-refractivity contribution is 0.0760. The van der Waals surface area contributed by atoms with Crippen LogP contribution < -0.4 is 0 Å². The number of halogens is 1. The zero-order valence-electron chi connectivity index (χ0n) is 10.7. The summed E-state index contributed by atoms with van der Waals surface area (Å²) in [4.78, 5) is 18.5. The fraction of sp³-hybridized carbons (Fsp3) is 0.200. The van der Waals surface area contributed by atoms with Crippen molar-refractivity contribution in [2.75, 3.05) is 12.3 Å². The van der Waals surface area contributed by atoms with Crippen LogP contribution in [0, 0.1) is 0 Å². The molecule has 1 amide bonds. The van der Waals surface area contributed by atoms with Gasteiger partial charge in [0.25, 0.3) is 5.91 Å². The second kappa shape index (κ2) is 5.85. The average molecular weight is 305 g/mol. The number of benzene rings is 1. The summed E-state index contributed by atoms with van der Waals surface area (Å²) in [7, 11) is 0. The van der Waals surface area contributed by atoms with Crippen molar-refractivity contribution >= 4 is 29.3 Å². The smallest absolute Gasteiger partial charge is 0.255 e. The Balaban J connectivity index is 1.87. The molecule has 0 saturated carbocycles. The molecule has 102 valence electrons. The Morgan fingerprint density at radius 3 is 2.85 bits per heavy atom. The molecule has 1 aromatic heterocycles. The van der Waals surface area contributed by atoms with E-state index in [1.165, 1.54) is 0 Å². The maximum absolute atomic E-state index is 12.6. The normalized spacial score (nSPS) is 18.2. The van der Waals surface area contributed by atoms with Crippen LogP contribution in [0.2, 0.25) is 5.02 Å². The van der Waals surface area contributed by atoms with Crippen LogP contribution in [-0.4, -0.2) is 28.1 Å². The number of carbonyl (C=O) groups excluding carboxylic acids is 1. The van der Waals surface area contributed by atoms with Gasteiger partial charge in [0, 0.05) is 35.3 Å². The number of hydrogen-bond donors (Lipinski definition) is 0. The van der Waals surface area contributed by atoms with Gasteiger partial charge in [0.1, 0.15) is 5.37 Å². The molecular formula is C15H13ClN2OS. The van der Waals surface area contributed by atoms with Gasteiger partial charge in [0.2, 0.25) is 0 Å². The molecule has 0 spiro atoms. The molecule has 0 N–H and O–H groups in total. The van der Waals surface area contributed by atoms with E-state index < -0.39 is 0 Å². The van der Waals surface area contributed by atoms with Crippen molar-refractivity contribution in [3.8, 4) is 0 Å². The molecule has 1 aliphatic rings. The Morgan fingerprint density at radius 1 is 1.30 bits per heavy atom. The molecule has 5 heteroatoms. The van der Waals surface area contributed by atoms with Crippen LogP contribution in [0.15, 0.2) is 48.8 Å². The SMILES string of the molecule is O=C(c1cccc(Cl)c1)N1CCS[C@H]1c1ccncc1. The van der Waals surface area contributed by atoms with E-state index in [-0.39, 0.29) is 11.3 Å². The third-order valence-electron chi connectivity index (χ3n) is 3.21. The predicted octanol–water partition coefficient (Wildman–Crippen LogP) is 3.62. The number of nitrogens with zero attached hydrogens (tertiary/aromatic N) is 2. The molecular weight excluding hydrogens is 292 g/mol. The zero-order valence-corrected chi connectivity index (χ0v) is 12.3. The standard InChI is InChI=1S/C15H13ClN2OS/c16-13-3-1-2-12(10-13)14(19)18-8-9-20-15(18)11-4-6-17-7-5-11/h1-7,10,15H,8-9H2/t15-/m0/s1. The van der Waals surface area contributed by atoms with Gasteiger partial charge in [-0.15, -0.1) is 11.8 Å².